The van der Waals surface area contributed by atoms with Crippen LogP contribution in [0.15, 0.2) is 18.2 Å². The van der Waals surface area contributed by atoms with E-state index in [1.54, 1.807) is 18.2 Å². The third-order valence-electron chi connectivity index (χ3n) is 3.17. The zero-order valence-electron chi connectivity index (χ0n) is 11.8. The summed E-state index contributed by atoms with van der Waals surface area (Å²) in [6, 6.07) is 4.83. The predicted octanol–water partition coefficient (Wildman–Crippen LogP) is 3.51. The van der Waals surface area contributed by atoms with Crippen molar-refractivity contribution in [1.82, 2.24) is 9.55 Å². The Hall–Kier alpha value is -1.63. The van der Waals surface area contributed by atoms with Gasteiger partial charge >= 0.3 is 12.3 Å². The molecular weight excluding hydrogens is 286 g/mol. The zero-order valence-corrected chi connectivity index (χ0v) is 11.8. The topological polar surface area (TPSA) is 43.8 Å². The average molecular weight is 303 g/mol. The number of rotatable bonds is 5. The van der Waals surface area contributed by atoms with Gasteiger partial charge in [-0.3, -0.25) is 0 Å². The van der Waals surface area contributed by atoms with Crippen LogP contribution < -0.4 is 5.73 Å². The summed E-state index contributed by atoms with van der Waals surface area (Å²) in [5, 5.41) is 0. The molecule has 2 aromatic rings. The van der Waals surface area contributed by atoms with Crippen molar-refractivity contribution in [2.24, 2.45) is 11.7 Å². The third-order valence-corrected chi connectivity index (χ3v) is 3.17. The molecule has 0 saturated carbocycles. The highest BCUT2D eigenvalue weighted by atomic mass is 19.3. The summed E-state index contributed by atoms with van der Waals surface area (Å²) >= 11 is 0. The number of benzene rings is 1. The Bertz CT molecular complexity index is 634. The van der Waals surface area contributed by atoms with Gasteiger partial charge in [-0.25, -0.2) is 13.8 Å². The maximum Gasteiger partial charge on any atom is 0.364 e. The first-order valence-corrected chi connectivity index (χ1v) is 6.63. The van der Waals surface area contributed by atoms with Crippen LogP contribution in [0.25, 0.3) is 11.0 Å². The van der Waals surface area contributed by atoms with Crippen molar-refractivity contribution in [3.05, 3.63) is 29.6 Å². The van der Waals surface area contributed by atoms with Gasteiger partial charge in [-0.05, 0) is 23.6 Å². The molecule has 1 aromatic carbocycles. The minimum absolute atomic E-state index is 0.0174. The summed E-state index contributed by atoms with van der Waals surface area (Å²) in [5.41, 5.74) is 6.88. The summed E-state index contributed by atoms with van der Waals surface area (Å²) < 4.78 is 54.0. The number of nitrogens with zero attached hydrogens (tertiary/aromatic N) is 2. The highest BCUT2D eigenvalue weighted by molar-refractivity contribution is 5.77. The van der Waals surface area contributed by atoms with E-state index < -0.39 is 18.2 Å². The van der Waals surface area contributed by atoms with Crippen molar-refractivity contribution < 1.29 is 17.6 Å². The Morgan fingerprint density at radius 1 is 1.29 bits per heavy atom. The highest BCUT2D eigenvalue weighted by Crippen LogP contribution is 2.36. The summed E-state index contributed by atoms with van der Waals surface area (Å²) in [5.74, 6) is -5.16. The second-order valence-corrected chi connectivity index (χ2v) is 5.39. The van der Waals surface area contributed by atoms with Crippen molar-refractivity contribution in [2.45, 2.75) is 39.3 Å². The molecule has 0 fully saturated rings. The van der Waals surface area contributed by atoms with Crippen LogP contribution in [0.3, 0.4) is 0 Å². The van der Waals surface area contributed by atoms with E-state index in [4.69, 9.17) is 5.73 Å². The van der Waals surface area contributed by atoms with Crippen molar-refractivity contribution in [3.63, 3.8) is 0 Å². The Kier molecular flexibility index (Phi) is 4.22. The standard InChI is InChI=1S/C14H17F4N3/c1-8(2)7-21-11-4-3-9(6-19)5-10(11)20-13(21)14(17,18)12(15)16/h3-5,8,12H,6-7,19H2,1-2H3. The molecular formula is C14H17F4N3. The Morgan fingerprint density at radius 2 is 1.95 bits per heavy atom. The molecule has 7 heteroatoms. The molecule has 0 aliphatic rings. The molecule has 0 unspecified atom stereocenters. The van der Waals surface area contributed by atoms with E-state index in [1.807, 2.05) is 13.8 Å². The van der Waals surface area contributed by atoms with Gasteiger partial charge in [-0.15, -0.1) is 0 Å². The van der Waals surface area contributed by atoms with Gasteiger partial charge in [0.2, 0.25) is 0 Å². The van der Waals surface area contributed by atoms with Crippen molar-refractivity contribution in [2.75, 3.05) is 0 Å². The predicted molar refractivity (Wildman–Crippen MR) is 72.4 cm³/mol. The van der Waals surface area contributed by atoms with E-state index in [-0.39, 0.29) is 24.5 Å². The molecule has 0 radical (unpaired) electrons. The third kappa shape index (κ3) is 2.88. The lowest BCUT2D eigenvalue weighted by Crippen LogP contribution is -2.28. The van der Waals surface area contributed by atoms with Crippen molar-refractivity contribution in [1.29, 1.82) is 0 Å². The summed E-state index contributed by atoms with van der Waals surface area (Å²) in [6.45, 7) is 4.07. The highest BCUT2D eigenvalue weighted by Gasteiger charge is 2.47. The molecule has 21 heavy (non-hydrogen) atoms. The first-order valence-electron chi connectivity index (χ1n) is 6.63. The van der Waals surface area contributed by atoms with Gasteiger partial charge in [-0.1, -0.05) is 19.9 Å². The summed E-state index contributed by atoms with van der Waals surface area (Å²) in [4.78, 5) is 3.74. The fraction of sp³-hybridized carbons (Fsp3) is 0.500. The van der Waals surface area contributed by atoms with E-state index in [0.717, 1.165) is 0 Å². The van der Waals surface area contributed by atoms with Crippen LogP contribution in [0.1, 0.15) is 25.2 Å². The van der Waals surface area contributed by atoms with E-state index >= 15 is 0 Å². The van der Waals surface area contributed by atoms with Crippen LogP contribution in [-0.4, -0.2) is 16.0 Å². The Morgan fingerprint density at radius 3 is 2.48 bits per heavy atom. The average Bonchev–Trinajstić information content (AvgIpc) is 2.76. The number of imidazole rings is 1. The molecule has 0 saturated heterocycles. The fourth-order valence-electron chi connectivity index (χ4n) is 2.20. The molecule has 0 aliphatic carbocycles. The minimum atomic E-state index is -4.28. The normalized spacial score (nSPS) is 12.8. The second-order valence-electron chi connectivity index (χ2n) is 5.39. The van der Waals surface area contributed by atoms with Gasteiger partial charge < -0.3 is 10.3 Å². The molecule has 0 amide bonds. The number of hydrogen-bond acceptors (Lipinski definition) is 2. The fourth-order valence-corrected chi connectivity index (χ4v) is 2.20. The number of halogens is 4. The zero-order chi connectivity index (χ0) is 15.8. The van der Waals surface area contributed by atoms with E-state index in [2.05, 4.69) is 4.98 Å². The minimum Gasteiger partial charge on any atom is -0.326 e. The maximum absolute atomic E-state index is 13.8. The maximum atomic E-state index is 13.8. The van der Waals surface area contributed by atoms with Crippen LogP contribution in [0.5, 0.6) is 0 Å². The molecule has 2 N–H and O–H groups in total. The number of alkyl halides is 4. The Balaban J connectivity index is 2.67. The monoisotopic (exact) mass is 303 g/mol. The molecule has 0 aliphatic heterocycles. The second kappa shape index (κ2) is 5.63. The van der Waals surface area contributed by atoms with E-state index in [1.165, 1.54) is 4.57 Å². The van der Waals surface area contributed by atoms with Crippen LogP contribution in [0, 0.1) is 5.92 Å². The molecule has 1 aromatic heterocycles. The van der Waals surface area contributed by atoms with Crippen LogP contribution in [-0.2, 0) is 19.0 Å². The quantitative estimate of drug-likeness (QED) is 0.859. The van der Waals surface area contributed by atoms with Crippen LogP contribution >= 0.6 is 0 Å². The van der Waals surface area contributed by atoms with Gasteiger partial charge in [-0.2, -0.15) is 8.78 Å². The van der Waals surface area contributed by atoms with Gasteiger partial charge in [0.1, 0.15) is 0 Å². The number of aromatic nitrogens is 2. The molecule has 2 rings (SSSR count). The van der Waals surface area contributed by atoms with Crippen molar-refractivity contribution in [3.8, 4) is 0 Å². The number of nitrogens with two attached hydrogens (primary N) is 1. The molecule has 116 valence electrons. The van der Waals surface area contributed by atoms with Gasteiger partial charge in [0.15, 0.2) is 5.82 Å². The first kappa shape index (κ1) is 15.8. The van der Waals surface area contributed by atoms with Crippen LogP contribution in [0.2, 0.25) is 0 Å². The smallest absolute Gasteiger partial charge is 0.326 e. The van der Waals surface area contributed by atoms with Gasteiger partial charge in [0, 0.05) is 13.1 Å². The van der Waals surface area contributed by atoms with E-state index in [0.29, 0.717) is 11.1 Å². The largest absolute Gasteiger partial charge is 0.364 e. The summed E-state index contributed by atoms with van der Waals surface area (Å²) in [6.07, 6.45) is -3.80. The SMILES string of the molecule is CC(C)Cn1c(C(F)(F)C(F)F)nc2cc(CN)ccc21. The lowest BCUT2D eigenvalue weighted by molar-refractivity contribution is -0.142. The molecule has 3 nitrogen and oxygen atoms in total. The van der Waals surface area contributed by atoms with Crippen LogP contribution in [0.4, 0.5) is 17.6 Å². The molecule has 0 bridgehead atoms. The molecule has 0 spiro atoms. The summed E-state index contributed by atoms with van der Waals surface area (Å²) in [7, 11) is 0. The Labute approximate surface area is 119 Å². The molecule has 1 heterocycles. The number of fused-ring (bicyclic) bond motifs is 1. The first-order chi connectivity index (χ1) is 9.77. The van der Waals surface area contributed by atoms with Crippen molar-refractivity contribution >= 4 is 11.0 Å². The molecule has 0 atom stereocenters. The van der Waals surface area contributed by atoms with Gasteiger partial charge in [0.25, 0.3) is 0 Å². The lowest BCUT2D eigenvalue weighted by Gasteiger charge is -2.18. The lowest BCUT2D eigenvalue weighted by atomic mass is 10.2. The van der Waals surface area contributed by atoms with E-state index in [9.17, 15) is 17.6 Å². The van der Waals surface area contributed by atoms with Gasteiger partial charge in [0.05, 0.1) is 11.0 Å². The number of hydrogen-bond donors (Lipinski definition) is 1.